The molecule has 118 valence electrons. The first-order valence-electron chi connectivity index (χ1n) is 6.64. The highest BCUT2D eigenvalue weighted by atomic mass is 35.5. The zero-order valence-corrected chi connectivity index (χ0v) is 13.5. The molecule has 0 aromatic heterocycles. The van der Waals surface area contributed by atoms with Gasteiger partial charge in [0.2, 0.25) is 11.8 Å². The van der Waals surface area contributed by atoms with E-state index in [1.165, 1.54) is 0 Å². The number of carbonyl (C=O) groups is 2. The average molecular weight is 314 g/mol. The second-order valence-corrected chi connectivity index (χ2v) is 5.95. The zero-order valence-electron chi connectivity index (χ0n) is 12.7. The summed E-state index contributed by atoms with van der Waals surface area (Å²) in [6.45, 7) is 6.25. The first-order chi connectivity index (χ1) is 9.21. The maximum absolute atomic E-state index is 11.8. The molecule has 6 heteroatoms. The van der Waals surface area contributed by atoms with Crippen molar-refractivity contribution in [2.45, 2.75) is 33.2 Å². The van der Waals surface area contributed by atoms with Crippen molar-refractivity contribution in [2.75, 3.05) is 6.54 Å². The van der Waals surface area contributed by atoms with Gasteiger partial charge in [-0.3, -0.25) is 9.59 Å². The van der Waals surface area contributed by atoms with Crippen LogP contribution in [0, 0.1) is 5.41 Å². The maximum atomic E-state index is 11.8. The van der Waals surface area contributed by atoms with Crippen molar-refractivity contribution in [3.8, 4) is 0 Å². The summed E-state index contributed by atoms with van der Waals surface area (Å²) < 4.78 is 0. The zero-order chi connectivity index (χ0) is 15.3. The summed E-state index contributed by atoms with van der Waals surface area (Å²) in [6.07, 6.45) is 0.629. The van der Waals surface area contributed by atoms with Gasteiger partial charge in [0.05, 0.1) is 6.04 Å². The number of rotatable bonds is 5. The van der Waals surface area contributed by atoms with E-state index in [1.54, 1.807) is 18.2 Å². The normalized spacial score (nSPS) is 12.2. The molecule has 21 heavy (non-hydrogen) atoms. The third-order valence-corrected chi connectivity index (χ3v) is 3.14. The summed E-state index contributed by atoms with van der Waals surface area (Å²) >= 11 is 0. The molecule has 1 atom stereocenters. The van der Waals surface area contributed by atoms with E-state index in [1.807, 2.05) is 26.8 Å². The first-order valence-corrected chi connectivity index (χ1v) is 6.64. The quantitative estimate of drug-likeness (QED) is 0.762. The van der Waals surface area contributed by atoms with Gasteiger partial charge in [-0.25, -0.2) is 0 Å². The van der Waals surface area contributed by atoms with Crippen LogP contribution in [0.4, 0.5) is 0 Å². The van der Waals surface area contributed by atoms with E-state index in [2.05, 4.69) is 5.32 Å². The Balaban J connectivity index is 0.00000400. The number of hydrogen-bond acceptors (Lipinski definition) is 3. The van der Waals surface area contributed by atoms with Crippen LogP contribution < -0.4 is 16.8 Å². The van der Waals surface area contributed by atoms with Gasteiger partial charge in [0.15, 0.2) is 0 Å². The predicted molar refractivity (Wildman–Crippen MR) is 86.4 cm³/mol. The Labute approximate surface area is 131 Å². The molecular weight excluding hydrogens is 290 g/mol. The smallest absolute Gasteiger partial charge is 0.248 e. The Hall–Kier alpha value is -1.59. The maximum Gasteiger partial charge on any atom is 0.248 e. The highest BCUT2D eigenvalue weighted by molar-refractivity contribution is 5.92. The van der Waals surface area contributed by atoms with Gasteiger partial charge in [-0.1, -0.05) is 32.9 Å². The van der Waals surface area contributed by atoms with Crippen LogP contribution in [0.5, 0.6) is 0 Å². The fourth-order valence-electron chi connectivity index (χ4n) is 1.71. The van der Waals surface area contributed by atoms with E-state index in [4.69, 9.17) is 11.5 Å². The van der Waals surface area contributed by atoms with Gasteiger partial charge in [0.1, 0.15) is 0 Å². The van der Waals surface area contributed by atoms with Crippen LogP contribution in [0.3, 0.4) is 0 Å². The molecule has 0 spiro atoms. The average Bonchev–Trinajstić information content (AvgIpc) is 2.37. The molecule has 0 heterocycles. The summed E-state index contributed by atoms with van der Waals surface area (Å²) in [4.78, 5) is 22.9. The van der Waals surface area contributed by atoms with Crippen LogP contribution >= 0.6 is 12.4 Å². The minimum absolute atomic E-state index is 0. The van der Waals surface area contributed by atoms with Crippen molar-refractivity contribution < 1.29 is 9.59 Å². The molecule has 0 saturated heterocycles. The van der Waals surface area contributed by atoms with E-state index in [0.717, 1.165) is 5.56 Å². The van der Waals surface area contributed by atoms with Crippen molar-refractivity contribution in [1.29, 1.82) is 0 Å². The van der Waals surface area contributed by atoms with Crippen molar-refractivity contribution in [2.24, 2.45) is 16.9 Å². The van der Waals surface area contributed by atoms with Gasteiger partial charge >= 0.3 is 0 Å². The number of carbonyl (C=O) groups excluding carboxylic acids is 2. The third kappa shape index (κ3) is 6.14. The van der Waals surface area contributed by atoms with E-state index in [-0.39, 0.29) is 23.7 Å². The van der Waals surface area contributed by atoms with E-state index in [0.29, 0.717) is 18.5 Å². The van der Waals surface area contributed by atoms with Crippen LogP contribution in [0.25, 0.3) is 0 Å². The fraction of sp³-hybridized carbons (Fsp3) is 0.467. The van der Waals surface area contributed by atoms with E-state index < -0.39 is 11.9 Å². The van der Waals surface area contributed by atoms with Crippen LogP contribution in [-0.4, -0.2) is 24.4 Å². The lowest BCUT2D eigenvalue weighted by atomic mass is 9.87. The number of nitrogens with one attached hydrogen (secondary N) is 1. The lowest BCUT2D eigenvalue weighted by molar-refractivity contribution is -0.124. The summed E-state index contributed by atoms with van der Waals surface area (Å²) in [7, 11) is 0. The largest absolute Gasteiger partial charge is 0.366 e. The molecule has 0 aliphatic heterocycles. The Kier molecular flexibility index (Phi) is 7.39. The predicted octanol–water partition coefficient (Wildman–Crippen LogP) is 1.24. The molecule has 1 aromatic rings. The molecule has 0 bridgehead atoms. The summed E-state index contributed by atoms with van der Waals surface area (Å²) in [5, 5.41) is 2.81. The molecule has 5 N–H and O–H groups in total. The molecule has 1 rings (SSSR count). The van der Waals surface area contributed by atoms with Crippen molar-refractivity contribution >= 4 is 24.2 Å². The van der Waals surface area contributed by atoms with Crippen LogP contribution in [0.1, 0.15) is 36.7 Å². The molecule has 0 unspecified atom stereocenters. The number of amides is 2. The molecular formula is C15H24ClN3O2. The summed E-state index contributed by atoms with van der Waals surface area (Å²) in [5.41, 5.74) is 12.2. The number of halogens is 1. The second-order valence-electron chi connectivity index (χ2n) is 5.95. The fourth-order valence-corrected chi connectivity index (χ4v) is 1.71. The molecule has 5 nitrogen and oxygen atoms in total. The number of nitrogens with two attached hydrogens (primary N) is 2. The number of benzene rings is 1. The molecule has 2 amide bonds. The molecule has 0 fully saturated rings. The molecule has 0 radical (unpaired) electrons. The molecule has 0 saturated carbocycles. The van der Waals surface area contributed by atoms with Gasteiger partial charge in [-0.2, -0.15) is 0 Å². The van der Waals surface area contributed by atoms with Crippen LogP contribution in [0.15, 0.2) is 24.3 Å². The van der Waals surface area contributed by atoms with Gasteiger partial charge in [0, 0.05) is 12.1 Å². The summed E-state index contributed by atoms with van der Waals surface area (Å²) in [6, 6.07) is 6.53. The Morgan fingerprint density at radius 1 is 1.29 bits per heavy atom. The van der Waals surface area contributed by atoms with Gasteiger partial charge in [0.25, 0.3) is 0 Å². The van der Waals surface area contributed by atoms with Crippen LogP contribution in [-0.2, 0) is 11.2 Å². The van der Waals surface area contributed by atoms with Gasteiger partial charge in [-0.05, 0) is 29.5 Å². The van der Waals surface area contributed by atoms with Crippen molar-refractivity contribution in [1.82, 2.24) is 5.32 Å². The highest BCUT2D eigenvalue weighted by Crippen LogP contribution is 2.17. The molecule has 1 aromatic carbocycles. The Morgan fingerprint density at radius 3 is 2.43 bits per heavy atom. The van der Waals surface area contributed by atoms with Crippen molar-refractivity contribution in [3.63, 3.8) is 0 Å². The first kappa shape index (κ1) is 19.4. The van der Waals surface area contributed by atoms with Gasteiger partial charge in [-0.15, -0.1) is 12.4 Å². The highest BCUT2D eigenvalue weighted by Gasteiger charge is 2.26. The summed E-state index contributed by atoms with van der Waals surface area (Å²) in [5.74, 6) is -0.616. The standard InChI is InChI=1S/C15H23N3O2.ClH/c1-15(2,3)12(16)14(20)18-8-7-10-5-4-6-11(9-10)13(17)19;/h4-6,9,12H,7-8,16H2,1-3H3,(H2,17,19)(H,18,20);1H/t12-;/m1./s1. The topological polar surface area (TPSA) is 98.2 Å². The minimum atomic E-state index is -0.542. The third-order valence-electron chi connectivity index (χ3n) is 3.14. The number of primary amides is 1. The second kappa shape index (κ2) is 8.00. The monoisotopic (exact) mass is 313 g/mol. The molecule has 0 aliphatic rings. The van der Waals surface area contributed by atoms with E-state index in [9.17, 15) is 9.59 Å². The van der Waals surface area contributed by atoms with Gasteiger partial charge < -0.3 is 16.8 Å². The SMILES string of the molecule is CC(C)(C)[C@H](N)C(=O)NCCc1cccc(C(N)=O)c1.Cl. The lowest BCUT2D eigenvalue weighted by Gasteiger charge is -2.25. The molecule has 0 aliphatic carbocycles. The number of hydrogen-bond donors (Lipinski definition) is 3. The van der Waals surface area contributed by atoms with Crippen LogP contribution in [0.2, 0.25) is 0 Å². The van der Waals surface area contributed by atoms with E-state index >= 15 is 0 Å². The van der Waals surface area contributed by atoms with Crippen molar-refractivity contribution in [3.05, 3.63) is 35.4 Å². The Bertz CT molecular complexity index is 498. The minimum Gasteiger partial charge on any atom is -0.366 e. The lowest BCUT2D eigenvalue weighted by Crippen LogP contribution is -2.48. The Morgan fingerprint density at radius 2 is 1.90 bits per heavy atom.